The normalized spacial score (nSPS) is 13.0. The van der Waals surface area contributed by atoms with E-state index in [1.807, 2.05) is 0 Å². The van der Waals surface area contributed by atoms with Crippen molar-refractivity contribution in [2.24, 2.45) is 0 Å². The summed E-state index contributed by atoms with van der Waals surface area (Å²) in [6.07, 6.45) is 0.0527. The lowest BCUT2D eigenvalue weighted by Gasteiger charge is -2.14. The van der Waals surface area contributed by atoms with Crippen LogP contribution in [-0.2, 0) is 55.1 Å². The highest BCUT2D eigenvalue weighted by molar-refractivity contribution is 8.01. The highest BCUT2D eigenvalue weighted by Crippen LogP contribution is 2.43. The first-order valence-corrected chi connectivity index (χ1v) is 16.2. The summed E-state index contributed by atoms with van der Waals surface area (Å²) in [6.45, 7) is 0.387. The van der Waals surface area contributed by atoms with Gasteiger partial charge in [0.1, 0.15) is 9.79 Å². The van der Waals surface area contributed by atoms with Crippen LogP contribution in [0.4, 0.5) is 26.3 Å². The number of hydrogen-bond acceptors (Lipinski definition) is 11. The lowest BCUT2D eigenvalue weighted by atomic mass is 10.2. The van der Waals surface area contributed by atoms with Gasteiger partial charge >= 0.3 is 39.5 Å². The van der Waals surface area contributed by atoms with Gasteiger partial charge in [-0.3, -0.25) is 0 Å². The van der Waals surface area contributed by atoms with Crippen molar-refractivity contribution in [2.45, 2.75) is 57.3 Å². The molecule has 0 N–H and O–H groups in total. The fourth-order valence-corrected chi connectivity index (χ4v) is 7.95. The number of thioether (sulfide) groups is 2. The molecule has 0 amide bonds. The fraction of sp³-hybridized carbons (Fsp3) is 0.400. The van der Waals surface area contributed by atoms with Crippen LogP contribution in [0, 0.1) is 0 Å². The Balaban J connectivity index is 2.05. The van der Waals surface area contributed by atoms with Gasteiger partial charge in [0.05, 0.1) is 0 Å². The summed E-state index contributed by atoms with van der Waals surface area (Å²) in [5, 5.41) is 0. The predicted molar refractivity (Wildman–Crippen MR) is 132 cm³/mol. The lowest BCUT2D eigenvalue weighted by Crippen LogP contribution is -2.14. The van der Waals surface area contributed by atoms with Gasteiger partial charge in [-0.1, -0.05) is 47.2 Å². The molecule has 0 unspecified atom stereocenters. The molecule has 0 bridgehead atoms. The van der Waals surface area contributed by atoms with Gasteiger partial charge in [0.25, 0.3) is 0 Å². The smallest absolute Gasteiger partial charge is 0.232 e. The van der Waals surface area contributed by atoms with Crippen LogP contribution in [0.15, 0.2) is 56.0 Å². The minimum absolute atomic E-state index is 0.00362. The molecule has 0 aliphatic heterocycles. The molecule has 0 radical (unpaired) electrons. The first kappa shape index (κ1) is 34.8. The van der Waals surface area contributed by atoms with E-state index in [1.165, 1.54) is 38.1 Å². The maximum absolute atomic E-state index is 12.9. The largest absolute Gasteiger partial charge is 0.702 e. The van der Waals surface area contributed by atoms with E-state index >= 15 is 0 Å². The summed E-state index contributed by atoms with van der Waals surface area (Å²) in [5.41, 5.74) is -9.61. The molecule has 40 heavy (non-hydrogen) atoms. The second-order valence-electron chi connectivity index (χ2n) is 7.15. The third-order valence-corrected chi connectivity index (χ3v) is 9.81. The minimum Gasteiger partial charge on any atom is -0.232 e. The molecule has 0 fully saturated rings. The molecule has 0 aliphatic rings. The van der Waals surface area contributed by atoms with Crippen LogP contribution in [0.1, 0.15) is 25.0 Å². The molecule has 0 atom stereocenters. The zero-order chi connectivity index (χ0) is 30.4. The van der Waals surface area contributed by atoms with E-state index in [1.54, 1.807) is 0 Å². The van der Waals surface area contributed by atoms with E-state index in [0.29, 0.717) is 0 Å². The fourth-order valence-electron chi connectivity index (χ4n) is 3.07. The highest BCUT2D eigenvalue weighted by Gasteiger charge is 2.36. The second-order valence-corrected chi connectivity index (χ2v) is 13.4. The van der Waals surface area contributed by atoms with Gasteiger partial charge in [-0.05, 0) is 59.6 Å². The number of alkyl halides is 6. The van der Waals surface area contributed by atoms with Gasteiger partial charge in [-0.2, -0.15) is 43.2 Å². The van der Waals surface area contributed by atoms with Crippen LogP contribution in [0.5, 0.6) is 0 Å². The first-order chi connectivity index (χ1) is 18.4. The Labute approximate surface area is 235 Å². The first-order valence-electron chi connectivity index (χ1n) is 10.7. The molecule has 2 rings (SSSR count). The molecule has 2 aromatic carbocycles. The zero-order valence-corrected chi connectivity index (χ0v) is 24.5. The summed E-state index contributed by atoms with van der Waals surface area (Å²) in [5.74, 6) is 0. The molecule has 0 heterocycles. The number of halogens is 6. The maximum Gasteiger partial charge on any atom is 0.702 e. The molecule has 224 valence electrons. The molecule has 0 saturated heterocycles. The average molecular weight is 678 g/mol. The van der Waals surface area contributed by atoms with Crippen LogP contribution in [0.25, 0.3) is 0 Å². The second kappa shape index (κ2) is 14.2. The van der Waals surface area contributed by atoms with E-state index in [9.17, 15) is 47.7 Å². The van der Waals surface area contributed by atoms with Crippen molar-refractivity contribution in [1.82, 2.24) is 0 Å². The van der Waals surface area contributed by atoms with E-state index in [-0.39, 0.29) is 24.0 Å². The van der Waals surface area contributed by atoms with Gasteiger partial charge in [0.15, 0.2) is 0 Å². The van der Waals surface area contributed by atoms with E-state index in [2.05, 4.69) is 17.4 Å². The van der Waals surface area contributed by atoms with Crippen LogP contribution in [0.3, 0.4) is 0 Å². The van der Waals surface area contributed by atoms with Crippen molar-refractivity contribution in [1.29, 1.82) is 0 Å². The van der Waals surface area contributed by atoms with E-state index in [0.717, 1.165) is 12.1 Å². The van der Waals surface area contributed by atoms with Crippen LogP contribution in [0.2, 0.25) is 0 Å². The minimum atomic E-state index is -4.86. The number of hydrogen-bond donors (Lipinski definition) is 0. The summed E-state index contributed by atoms with van der Waals surface area (Å²) in [7, 11) is -13.0. The Morgan fingerprint density at radius 2 is 1.05 bits per heavy atom. The Hall–Kier alpha value is -1.44. The topological polar surface area (TPSA) is 122 Å². The zero-order valence-electron chi connectivity index (χ0n) is 20.3. The molecule has 0 aromatic heterocycles. The Morgan fingerprint density at radius 3 is 1.35 bits per heavy atom. The Kier molecular flexibility index (Phi) is 12.3. The molecule has 0 aliphatic carbocycles. The summed E-state index contributed by atoms with van der Waals surface area (Å²) in [6, 6.07) is 6.84. The van der Waals surface area contributed by atoms with Crippen molar-refractivity contribution in [3.8, 4) is 0 Å². The molecule has 20 heteroatoms. The van der Waals surface area contributed by atoms with E-state index < -0.39 is 96.2 Å². The van der Waals surface area contributed by atoms with Gasteiger partial charge in [-0.15, -0.1) is 0 Å². The highest BCUT2D eigenvalue weighted by atomic mass is 32.2. The lowest BCUT2D eigenvalue weighted by molar-refractivity contribution is -0.0338. The molecular weight excluding hydrogens is 657 g/mol. The van der Waals surface area contributed by atoms with Crippen molar-refractivity contribution in [2.75, 3.05) is 13.6 Å². The maximum atomic E-state index is 12.9. The van der Waals surface area contributed by atoms with Gasteiger partial charge in [0.2, 0.25) is 13.6 Å². The molecular formula is C20H20F6O9PS4+. The standard InChI is InChI=1S/C20H20F6O9PS4/c1-3-13-7-5-9-15(37-19(21,22)23)17(13)39(28,29)34-11-32-36(27)33-12-35-40(30,31)18-14(4-2)8-6-10-16(18)38-20(24,25)26/h5-10H,3-4,11-12H2,1-2H3/q+1. The van der Waals surface area contributed by atoms with Crippen molar-refractivity contribution >= 4 is 52.0 Å². The SMILES string of the molecule is CCc1cccc(SC(F)(F)F)c1S(=O)(=O)OCO[P+](=O)OCOS(=O)(=O)c1c(CC)cccc1SC(F)(F)F. The average Bonchev–Trinajstić information content (AvgIpc) is 2.81. The third kappa shape index (κ3) is 10.4. The Bertz CT molecular complexity index is 1310. The van der Waals surface area contributed by atoms with Crippen LogP contribution in [-0.4, -0.2) is 41.4 Å². The molecule has 9 nitrogen and oxygen atoms in total. The summed E-state index contributed by atoms with van der Waals surface area (Å²) < 4.78 is 158. The monoisotopic (exact) mass is 677 g/mol. The van der Waals surface area contributed by atoms with Gasteiger partial charge < -0.3 is 0 Å². The number of aryl methyl sites for hydroxylation is 2. The van der Waals surface area contributed by atoms with E-state index in [4.69, 9.17) is 0 Å². The predicted octanol–water partition coefficient (Wildman–Crippen LogP) is 6.75. The van der Waals surface area contributed by atoms with Crippen LogP contribution >= 0.6 is 31.8 Å². The van der Waals surface area contributed by atoms with Gasteiger partial charge in [-0.25, -0.2) is 8.37 Å². The third-order valence-electron chi connectivity index (χ3n) is 4.56. The molecule has 2 aromatic rings. The Morgan fingerprint density at radius 1 is 0.700 bits per heavy atom. The molecule has 0 saturated carbocycles. The summed E-state index contributed by atoms with van der Waals surface area (Å²) in [4.78, 5) is -2.87. The number of rotatable bonds is 14. The van der Waals surface area contributed by atoms with Crippen molar-refractivity contribution in [3.63, 3.8) is 0 Å². The molecule has 0 spiro atoms. The number of benzene rings is 2. The van der Waals surface area contributed by atoms with Crippen molar-refractivity contribution < 1.29 is 65.2 Å². The quantitative estimate of drug-likeness (QED) is 0.0694. The van der Waals surface area contributed by atoms with Crippen LogP contribution < -0.4 is 0 Å². The van der Waals surface area contributed by atoms with Crippen molar-refractivity contribution in [3.05, 3.63) is 47.5 Å². The summed E-state index contributed by atoms with van der Waals surface area (Å²) >= 11 is -1.36. The van der Waals surface area contributed by atoms with Gasteiger partial charge in [0, 0.05) is 14.4 Å².